The van der Waals surface area contributed by atoms with Gasteiger partial charge < -0.3 is 14.8 Å². The average Bonchev–Trinajstić information content (AvgIpc) is 3.00. The molecule has 9 heteroatoms. The van der Waals surface area contributed by atoms with Gasteiger partial charge in [0.25, 0.3) is 0 Å². The lowest BCUT2D eigenvalue weighted by molar-refractivity contribution is -0.148. The van der Waals surface area contributed by atoms with Crippen molar-refractivity contribution in [2.24, 2.45) is 5.92 Å². The minimum Gasteiger partial charge on any atom is -0.496 e. The van der Waals surface area contributed by atoms with Crippen LogP contribution < -0.4 is 10.1 Å². The van der Waals surface area contributed by atoms with Crippen LogP contribution in [0.5, 0.6) is 5.75 Å². The summed E-state index contributed by atoms with van der Waals surface area (Å²) in [6.07, 6.45) is 0.958. The molecule has 1 saturated heterocycles. The van der Waals surface area contributed by atoms with Crippen LogP contribution in [0.1, 0.15) is 47.2 Å². The summed E-state index contributed by atoms with van der Waals surface area (Å²) in [7, 11) is 2.84. The minimum absolute atomic E-state index is 0.0559. The van der Waals surface area contributed by atoms with Gasteiger partial charge >= 0.3 is 5.97 Å². The van der Waals surface area contributed by atoms with E-state index < -0.39 is 23.7 Å². The Morgan fingerprint density at radius 2 is 1.86 bits per heavy atom. The number of amides is 3. The van der Waals surface area contributed by atoms with Crippen LogP contribution in [-0.2, 0) is 25.5 Å². The van der Waals surface area contributed by atoms with Crippen LogP contribution in [0.2, 0.25) is 5.02 Å². The van der Waals surface area contributed by atoms with Gasteiger partial charge in [-0.05, 0) is 60.2 Å². The summed E-state index contributed by atoms with van der Waals surface area (Å²) in [5.41, 5.74) is 2.00. The second kappa shape index (κ2) is 11.8. The second-order valence-electron chi connectivity index (χ2n) is 8.40. The van der Waals surface area contributed by atoms with E-state index in [-0.39, 0.29) is 37.8 Å². The molecule has 1 aliphatic heterocycles. The van der Waals surface area contributed by atoms with Crippen molar-refractivity contribution in [3.63, 3.8) is 0 Å². The summed E-state index contributed by atoms with van der Waals surface area (Å²) in [6.45, 7) is 1.74. The van der Waals surface area contributed by atoms with E-state index in [9.17, 15) is 19.2 Å². The first kappa shape index (κ1) is 26.2. The van der Waals surface area contributed by atoms with E-state index in [1.165, 1.54) is 14.2 Å². The van der Waals surface area contributed by atoms with Crippen LogP contribution in [0, 0.1) is 5.92 Å². The number of nitrogens with zero attached hydrogens (tertiary/aromatic N) is 1. The lowest BCUT2D eigenvalue weighted by atomic mass is 9.91. The maximum absolute atomic E-state index is 13.4. The zero-order chi connectivity index (χ0) is 25.5. The molecule has 0 aliphatic carbocycles. The zero-order valence-corrected chi connectivity index (χ0v) is 20.8. The van der Waals surface area contributed by atoms with Gasteiger partial charge in [0.2, 0.25) is 17.7 Å². The third-order valence-corrected chi connectivity index (χ3v) is 6.42. The number of hydrogen-bond acceptors (Lipinski definition) is 6. The Morgan fingerprint density at radius 3 is 2.49 bits per heavy atom. The van der Waals surface area contributed by atoms with Crippen molar-refractivity contribution in [3.8, 4) is 5.75 Å². The summed E-state index contributed by atoms with van der Waals surface area (Å²) >= 11 is 6.13. The van der Waals surface area contributed by atoms with E-state index in [0.717, 1.165) is 16.0 Å². The first-order valence-corrected chi connectivity index (χ1v) is 11.8. The quantitative estimate of drug-likeness (QED) is 0.558. The Bertz CT molecular complexity index is 1100. The number of halogens is 1. The van der Waals surface area contributed by atoms with Gasteiger partial charge in [0, 0.05) is 18.0 Å². The summed E-state index contributed by atoms with van der Waals surface area (Å²) in [5.74, 6) is -1.90. The van der Waals surface area contributed by atoms with E-state index in [4.69, 9.17) is 21.1 Å². The highest BCUT2D eigenvalue weighted by Crippen LogP contribution is 2.28. The van der Waals surface area contributed by atoms with Gasteiger partial charge in [-0.1, -0.05) is 30.7 Å². The molecular weight excluding hydrogens is 472 g/mol. The van der Waals surface area contributed by atoms with Gasteiger partial charge in [0.1, 0.15) is 12.3 Å². The highest BCUT2D eigenvalue weighted by molar-refractivity contribution is 6.30. The number of nitrogens with one attached hydrogen (secondary N) is 1. The molecule has 1 heterocycles. The number of methoxy groups -OCH3 is 2. The van der Waals surface area contributed by atoms with Crippen LogP contribution in [0.4, 0.5) is 0 Å². The fraction of sp³-hybridized carbons (Fsp3) is 0.385. The second-order valence-corrected chi connectivity index (χ2v) is 8.84. The molecule has 0 bridgehead atoms. The van der Waals surface area contributed by atoms with Crippen LogP contribution in [-0.4, -0.2) is 55.9 Å². The summed E-state index contributed by atoms with van der Waals surface area (Å²) in [6, 6.07) is 12.0. The maximum Gasteiger partial charge on any atom is 0.337 e. The topological polar surface area (TPSA) is 102 Å². The summed E-state index contributed by atoms with van der Waals surface area (Å²) in [4.78, 5) is 51.7. The van der Waals surface area contributed by atoms with Crippen LogP contribution in [0.15, 0.2) is 42.5 Å². The average molecular weight is 501 g/mol. The van der Waals surface area contributed by atoms with Gasteiger partial charge in [-0.25, -0.2) is 4.79 Å². The van der Waals surface area contributed by atoms with Crippen molar-refractivity contribution in [2.45, 2.75) is 32.1 Å². The van der Waals surface area contributed by atoms with Crippen molar-refractivity contribution in [1.29, 1.82) is 0 Å². The van der Waals surface area contributed by atoms with E-state index >= 15 is 0 Å². The third kappa shape index (κ3) is 6.39. The lowest BCUT2D eigenvalue weighted by Gasteiger charge is -2.24. The van der Waals surface area contributed by atoms with Crippen LogP contribution in [0.25, 0.3) is 0 Å². The SMILES string of the molecule is CC[C@@H](CC(=O)N1CC(=O)NC[C@@H](Cc2cc(Cl)ccc2OC)C1=O)c1ccc(C(=O)OC)cc1. The van der Waals surface area contributed by atoms with Gasteiger partial charge in [0.05, 0.1) is 25.7 Å². The molecular formula is C26H29ClN2O6. The highest BCUT2D eigenvalue weighted by atomic mass is 35.5. The van der Waals surface area contributed by atoms with Crippen molar-refractivity contribution in [3.05, 3.63) is 64.2 Å². The minimum atomic E-state index is -0.641. The van der Waals surface area contributed by atoms with E-state index in [1.807, 2.05) is 6.92 Å². The fourth-order valence-corrected chi connectivity index (χ4v) is 4.39. The first-order chi connectivity index (χ1) is 16.8. The van der Waals surface area contributed by atoms with Gasteiger partial charge in [-0.2, -0.15) is 0 Å². The predicted molar refractivity (Wildman–Crippen MR) is 130 cm³/mol. The molecule has 0 spiro atoms. The first-order valence-electron chi connectivity index (χ1n) is 11.4. The molecule has 0 saturated carbocycles. The van der Waals surface area contributed by atoms with E-state index in [0.29, 0.717) is 22.8 Å². The number of rotatable bonds is 8. The smallest absolute Gasteiger partial charge is 0.337 e. The third-order valence-electron chi connectivity index (χ3n) is 6.19. The summed E-state index contributed by atoms with van der Waals surface area (Å²) in [5, 5.41) is 3.23. The molecule has 0 unspecified atom stereocenters. The molecule has 1 N–H and O–H groups in total. The molecule has 2 aromatic rings. The largest absolute Gasteiger partial charge is 0.496 e. The molecule has 1 fully saturated rings. The Labute approximate surface area is 209 Å². The monoisotopic (exact) mass is 500 g/mol. The number of hydrogen-bond donors (Lipinski definition) is 1. The maximum atomic E-state index is 13.4. The predicted octanol–water partition coefficient (Wildman–Crippen LogP) is 3.36. The normalized spacial score (nSPS) is 16.8. The number of carbonyl (C=O) groups is 4. The fourth-order valence-electron chi connectivity index (χ4n) is 4.19. The van der Waals surface area contributed by atoms with Crippen molar-refractivity contribution in [1.82, 2.24) is 10.2 Å². The van der Waals surface area contributed by atoms with Gasteiger partial charge in [-0.3, -0.25) is 19.3 Å². The van der Waals surface area contributed by atoms with Crippen LogP contribution in [0.3, 0.4) is 0 Å². The molecule has 2 atom stereocenters. The van der Waals surface area contributed by atoms with Crippen molar-refractivity contribution in [2.75, 3.05) is 27.3 Å². The van der Waals surface area contributed by atoms with Crippen molar-refractivity contribution < 1.29 is 28.7 Å². The van der Waals surface area contributed by atoms with Gasteiger partial charge in [-0.15, -0.1) is 0 Å². The number of ether oxygens (including phenoxy) is 2. The Morgan fingerprint density at radius 1 is 1.14 bits per heavy atom. The van der Waals surface area contributed by atoms with E-state index in [2.05, 4.69) is 5.32 Å². The Hall–Kier alpha value is -3.39. The molecule has 3 rings (SSSR count). The number of carbonyl (C=O) groups excluding carboxylic acids is 4. The molecule has 35 heavy (non-hydrogen) atoms. The number of esters is 1. The van der Waals surface area contributed by atoms with Crippen LogP contribution >= 0.6 is 11.6 Å². The summed E-state index contributed by atoms with van der Waals surface area (Å²) < 4.78 is 10.1. The molecule has 1 aliphatic rings. The molecule has 186 valence electrons. The lowest BCUT2D eigenvalue weighted by Crippen LogP contribution is -2.43. The molecule has 0 radical (unpaired) electrons. The number of imide groups is 1. The highest BCUT2D eigenvalue weighted by Gasteiger charge is 2.35. The molecule has 3 amide bonds. The Kier molecular flexibility index (Phi) is 8.87. The standard InChI is InChI=1S/C26H29ClN2O6/c1-4-16(17-5-7-18(8-6-17)26(33)35-3)13-24(31)29-15-23(30)28-14-20(25(29)32)11-19-12-21(27)9-10-22(19)34-2/h5-10,12,16,20H,4,11,13-15H2,1-3H3,(H,28,30)/t16-,20+/m0/s1. The zero-order valence-electron chi connectivity index (χ0n) is 20.0. The molecule has 2 aromatic carbocycles. The van der Waals surface area contributed by atoms with E-state index in [1.54, 1.807) is 42.5 Å². The van der Waals surface area contributed by atoms with Crippen molar-refractivity contribution >= 4 is 35.3 Å². The Balaban J connectivity index is 1.78. The molecule has 0 aromatic heterocycles. The molecule has 8 nitrogen and oxygen atoms in total. The van der Waals surface area contributed by atoms with Gasteiger partial charge in [0.15, 0.2) is 0 Å². The number of benzene rings is 2.